The van der Waals surface area contributed by atoms with Crippen LogP contribution in [0, 0.1) is 6.92 Å². The Morgan fingerprint density at radius 3 is 2.71 bits per heavy atom. The molecule has 4 heteroatoms. The van der Waals surface area contributed by atoms with Crippen LogP contribution in [0.2, 0.25) is 0 Å². The van der Waals surface area contributed by atoms with Gasteiger partial charge in [-0.25, -0.2) is 9.97 Å². The molecule has 0 aliphatic heterocycles. The van der Waals surface area contributed by atoms with Gasteiger partial charge in [-0.15, -0.1) is 11.3 Å². The molecule has 0 aliphatic rings. The minimum Gasteiger partial charge on any atom is -0.347 e. The van der Waals surface area contributed by atoms with Gasteiger partial charge in [-0.2, -0.15) is 0 Å². The molecule has 1 unspecified atom stereocenters. The first-order valence-corrected chi connectivity index (χ1v) is 6.76. The van der Waals surface area contributed by atoms with Crippen LogP contribution in [0.3, 0.4) is 0 Å². The number of nitrogens with one attached hydrogen (secondary N) is 1. The zero-order valence-corrected chi connectivity index (χ0v) is 11.0. The molecule has 0 aliphatic carbocycles. The van der Waals surface area contributed by atoms with Gasteiger partial charge in [0.15, 0.2) is 0 Å². The van der Waals surface area contributed by atoms with Crippen molar-refractivity contribution in [3.05, 3.63) is 40.3 Å². The first-order chi connectivity index (χ1) is 8.29. The van der Waals surface area contributed by atoms with E-state index < -0.39 is 0 Å². The van der Waals surface area contributed by atoms with E-state index in [1.165, 1.54) is 4.88 Å². The number of hydrogen-bond acceptors (Lipinski definition) is 4. The lowest BCUT2D eigenvalue weighted by atomic mass is 10.1. The molecule has 0 aromatic carbocycles. The van der Waals surface area contributed by atoms with E-state index in [9.17, 15) is 0 Å². The van der Waals surface area contributed by atoms with Crippen molar-refractivity contribution in [2.75, 3.05) is 5.32 Å². The van der Waals surface area contributed by atoms with Crippen molar-refractivity contribution in [2.45, 2.75) is 32.7 Å². The lowest BCUT2D eigenvalue weighted by Gasteiger charge is -2.16. The van der Waals surface area contributed by atoms with Crippen LogP contribution in [-0.4, -0.2) is 9.97 Å². The fraction of sp³-hybridized carbons (Fsp3) is 0.385. The SMILES string of the molecule is CCCC(Nc1ncc(C)cn1)c1cccs1. The Balaban J connectivity index is 2.10. The van der Waals surface area contributed by atoms with Crippen LogP contribution in [0.1, 0.15) is 36.2 Å². The Morgan fingerprint density at radius 1 is 1.35 bits per heavy atom. The molecule has 3 nitrogen and oxygen atoms in total. The molecule has 0 fully saturated rings. The Labute approximate surface area is 106 Å². The third kappa shape index (κ3) is 3.27. The average Bonchev–Trinajstić information content (AvgIpc) is 2.85. The highest BCUT2D eigenvalue weighted by Gasteiger charge is 2.12. The van der Waals surface area contributed by atoms with E-state index in [-0.39, 0.29) is 0 Å². The maximum absolute atomic E-state index is 4.29. The minimum absolute atomic E-state index is 0.322. The second-order valence-corrected chi connectivity index (χ2v) is 5.06. The molecular formula is C13H17N3S. The van der Waals surface area contributed by atoms with E-state index in [1.54, 1.807) is 11.3 Å². The zero-order valence-electron chi connectivity index (χ0n) is 10.2. The van der Waals surface area contributed by atoms with E-state index in [4.69, 9.17) is 0 Å². The summed E-state index contributed by atoms with van der Waals surface area (Å²) in [6.07, 6.45) is 5.92. The fourth-order valence-electron chi connectivity index (χ4n) is 1.69. The van der Waals surface area contributed by atoms with Crippen LogP contribution < -0.4 is 5.32 Å². The lowest BCUT2D eigenvalue weighted by Crippen LogP contribution is -2.11. The summed E-state index contributed by atoms with van der Waals surface area (Å²) in [5.74, 6) is 0.711. The Kier molecular flexibility index (Phi) is 4.09. The van der Waals surface area contributed by atoms with Gasteiger partial charge in [-0.3, -0.25) is 0 Å². The van der Waals surface area contributed by atoms with Crippen molar-refractivity contribution < 1.29 is 0 Å². The quantitative estimate of drug-likeness (QED) is 0.873. The monoisotopic (exact) mass is 247 g/mol. The highest BCUT2D eigenvalue weighted by molar-refractivity contribution is 7.10. The zero-order chi connectivity index (χ0) is 12.1. The second kappa shape index (κ2) is 5.77. The Morgan fingerprint density at radius 2 is 2.12 bits per heavy atom. The van der Waals surface area contributed by atoms with Gasteiger partial charge >= 0.3 is 0 Å². The van der Waals surface area contributed by atoms with Crippen LogP contribution in [0.5, 0.6) is 0 Å². The van der Waals surface area contributed by atoms with E-state index >= 15 is 0 Å². The van der Waals surface area contributed by atoms with E-state index in [0.717, 1.165) is 18.4 Å². The van der Waals surface area contributed by atoms with Crippen molar-refractivity contribution in [1.82, 2.24) is 9.97 Å². The Hall–Kier alpha value is -1.42. The molecule has 1 N–H and O–H groups in total. The summed E-state index contributed by atoms with van der Waals surface area (Å²) in [5, 5.41) is 5.50. The summed E-state index contributed by atoms with van der Waals surface area (Å²) in [5.41, 5.74) is 1.08. The van der Waals surface area contributed by atoms with Gasteiger partial charge in [0, 0.05) is 17.3 Å². The molecule has 0 saturated carbocycles. The van der Waals surface area contributed by atoms with Crippen LogP contribution in [0.25, 0.3) is 0 Å². The first-order valence-electron chi connectivity index (χ1n) is 5.88. The molecule has 0 saturated heterocycles. The molecule has 17 heavy (non-hydrogen) atoms. The molecule has 2 rings (SSSR count). The van der Waals surface area contributed by atoms with Crippen LogP contribution in [0.4, 0.5) is 5.95 Å². The molecule has 0 radical (unpaired) electrons. The summed E-state index contributed by atoms with van der Waals surface area (Å²) in [6, 6.07) is 4.56. The highest BCUT2D eigenvalue weighted by Crippen LogP contribution is 2.25. The largest absolute Gasteiger partial charge is 0.347 e. The smallest absolute Gasteiger partial charge is 0.223 e. The van der Waals surface area contributed by atoms with Gasteiger partial charge in [-0.1, -0.05) is 19.4 Å². The first kappa shape index (κ1) is 12.0. The van der Waals surface area contributed by atoms with Gasteiger partial charge < -0.3 is 5.32 Å². The van der Waals surface area contributed by atoms with Crippen molar-refractivity contribution in [1.29, 1.82) is 0 Å². The predicted molar refractivity (Wildman–Crippen MR) is 72.4 cm³/mol. The third-order valence-electron chi connectivity index (χ3n) is 2.55. The molecule has 0 spiro atoms. The normalized spacial score (nSPS) is 12.4. The fourth-order valence-corrected chi connectivity index (χ4v) is 2.50. The summed E-state index contributed by atoms with van der Waals surface area (Å²) >= 11 is 1.78. The highest BCUT2D eigenvalue weighted by atomic mass is 32.1. The Bertz CT molecular complexity index is 436. The standard InChI is InChI=1S/C13H17N3S/c1-3-5-11(12-6-4-7-17-12)16-13-14-8-10(2)9-15-13/h4,6-9,11H,3,5H2,1-2H3,(H,14,15,16). The number of anilines is 1. The maximum atomic E-state index is 4.29. The summed E-state index contributed by atoms with van der Waals surface area (Å²) < 4.78 is 0. The second-order valence-electron chi connectivity index (χ2n) is 4.09. The lowest BCUT2D eigenvalue weighted by molar-refractivity contribution is 0.680. The van der Waals surface area contributed by atoms with Crippen molar-refractivity contribution in [3.8, 4) is 0 Å². The van der Waals surface area contributed by atoms with Crippen molar-refractivity contribution in [2.24, 2.45) is 0 Å². The van der Waals surface area contributed by atoms with Crippen LogP contribution in [0.15, 0.2) is 29.9 Å². The molecule has 0 amide bonds. The third-order valence-corrected chi connectivity index (χ3v) is 3.53. The van der Waals surface area contributed by atoms with Gasteiger partial charge in [-0.05, 0) is 30.4 Å². The van der Waals surface area contributed by atoms with Gasteiger partial charge in [0.2, 0.25) is 5.95 Å². The molecule has 90 valence electrons. The number of aromatic nitrogens is 2. The summed E-state index contributed by atoms with van der Waals surface area (Å²) in [7, 11) is 0. The molecule has 2 aromatic rings. The minimum atomic E-state index is 0.322. The topological polar surface area (TPSA) is 37.8 Å². The van der Waals surface area contributed by atoms with Crippen molar-refractivity contribution >= 4 is 17.3 Å². The van der Waals surface area contributed by atoms with E-state index in [0.29, 0.717) is 12.0 Å². The summed E-state index contributed by atoms with van der Waals surface area (Å²) in [4.78, 5) is 9.93. The molecule has 0 bridgehead atoms. The van der Waals surface area contributed by atoms with E-state index in [2.05, 4.69) is 39.7 Å². The van der Waals surface area contributed by atoms with E-state index in [1.807, 2.05) is 19.3 Å². The number of aryl methyl sites for hydroxylation is 1. The number of rotatable bonds is 5. The van der Waals surface area contributed by atoms with Gasteiger partial charge in [0.1, 0.15) is 0 Å². The summed E-state index contributed by atoms with van der Waals surface area (Å²) in [6.45, 7) is 4.19. The average molecular weight is 247 g/mol. The maximum Gasteiger partial charge on any atom is 0.223 e. The number of nitrogens with zero attached hydrogens (tertiary/aromatic N) is 2. The number of thiophene rings is 1. The van der Waals surface area contributed by atoms with Crippen LogP contribution in [-0.2, 0) is 0 Å². The molecular weight excluding hydrogens is 230 g/mol. The molecule has 1 atom stereocenters. The van der Waals surface area contributed by atoms with Gasteiger partial charge in [0.05, 0.1) is 6.04 Å². The molecule has 2 heterocycles. The molecule has 2 aromatic heterocycles. The number of hydrogen-bond donors (Lipinski definition) is 1. The van der Waals surface area contributed by atoms with Gasteiger partial charge in [0.25, 0.3) is 0 Å². The van der Waals surface area contributed by atoms with Crippen molar-refractivity contribution in [3.63, 3.8) is 0 Å². The predicted octanol–water partition coefficient (Wildman–Crippen LogP) is 3.80. The van der Waals surface area contributed by atoms with Crippen LogP contribution >= 0.6 is 11.3 Å².